The second kappa shape index (κ2) is 7.51. The summed E-state index contributed by atoms with van der Waals surface area (Å²) in [5.41, 5.74) is 2.76. The normalized spacial score (nSPS) is 12.5. The van der Waals surface area contributed by atoms with Crippen LogP contribution in [0.1, 0.15) is 49.4 Å². The molecule has 1 atom stereocenters. The number of fused-ring (bicyclic) bond motifs is 1. The number of amides is 1. The number of nitrogens with zero attached hydrogens (tertiary/aromatic N) is 2. The van der Waals surface area contributed by atoms with Gasteiger partial charge in [-0.25, -0.2) is 4.98 Å². The summed E-state index contributed by atoms with van der Waals surface area (Å²) in [5.74, 6) is 1.45. The molecule has 0 spiro atoms. The Kier molecular flexibility index (Phi) is 5.17. The molecular weight excluding hydrogens is 310 g/mol. The van der Waals surface area contributed by atoms with Crippen molar-refractivity contribution in [2.45, 2.75) is 39.8 Å². The Hall–Kier alpha value is -2.62. The summed E-state index contributed by atoms with van der Waals surface area (Å²) < 4.78 is 2.24. The molecule has 4 heteroatoms. The number of aromatic nitrogens is 2. The summed E-state index contributed by atoms with van der Waals surface area (Å²) in [6.07, 6.45) is 1.08. The van der Waals surface area contributed by atoms with E-state index in [9.17, 15) is 4.79 Å². The first-order valence-corrected chi connectivity index (χ1v) is 8.87. The SMILES string of the molecule is CC(C)CCn1c([C@H](C)NC(=O)c2ccccc2)nc2ccccc21. The van der Waals surface area contributed by atoms with Crippen LogP contribution in [0.2, 0.25) is 0 Å². The van der Waals surface area contributed by atoms with Crippen molar-refractivity contribution in [2.24, 2.45) is 5.92 Å². The number of hydrogen-bond acceptors (Lipinski definition) is 2. The van der Waals surface area contributed by atoms with E-state index in [1.54, 1.807) is 0 Å². The molecule has 0 radical (unpaired) electrons. The zero-order valence-corrected chi connectivity index (χ0v) is 15.1. The van der Waals surface area contributed by atoms with Crippen molar-refractivity contribution in [2.75, 3.05) is 0 Å². The minimum absolute atomic E-state index is 0.0736. The van der Waals surface area contributed by atoms with Crippen LogP contribution in [-0.2, 0) is 6.54 Å². The Labute approximate surface area is 148 Å². The molecule has 1 N–H and O–H groups in total. The van der Waals surface area contributed by atoms with Crippen LogP contribution in [0.15, 0.2) is 54.6 Å². The summed E-state index contributed by atoms with van der Waals surface area (Å²) in [7, 11) is 0. The summed E-state index contributed by atoms with van der Waals surface area (Å²) in [5, 5.41) is 3.08. The lowest BCUT2D eigenvalue weighted by molar-refractivity contribution is 0.0937. The van der Waals surface area contributed by atoms with E-state index in [0.717, 1.165) is 29.8 Å². The molecular formula is C21H25N3O. The Morgan fingerprint density at radius 3 is 2.44 bits per heavy atom. The first-order valence-electron chi connectivity index (χ1n) is 8.87. The first kappa shape index (κ1) is 17.2. The van der Waals surface area contributed by atoms with Gasteiger partial charge in [0, 0.05) is 12.1 Å². The predicted molar refractivity (Wildman–Crippen MR) is 102 cm³/mol. The third kappa shape index (κ3) is 3.90. The van der Waals surface area contributed by atoms with Crippen LogP contribution in [0.4, 0.5) is 0 Å². The zero-order chi connectivity index (χ0) is 17.8. The number of aryl methyl sites for hydroxylation is 1. The van der Waals surface area contributed by atoms with Crippen LogP contribution >= 0.6 is 0 Å². The summed E-state index contributed by atoms with van der Waals surface area (Å²) >= 11 is 0. The number of carbonyl (C=O) groups excluding carboxylic acids is 1. The molecule has 0 saturated heterocycles. The molecule has 3 aromatic rings. The number of benzene rings is 2. The molecule has 1 aromatic heterocycles. The monoisotopic (exact) mass is 335 g/mol. The maximum atomic E-state index is 12.5. The summed E-state index contributed by atoms with van der Waals surface area (Å²) in [4.78, 5) is 17.3. The topological polar surface area (TPSA) is 46.9 Å². The molecule has 0 fully saturated rings. The van der Waals surface area contributed by atoms with Crippen molar-refractivity contribution in [3.8, 4) is 0 Å². The average molecular weight is 335 g/mol. The summed E-state index contributed by atoms with van der Waals surface area (Å²) in [6.45, 7) is 7.34. The van der Waals surface area contributed by atoms with E-state index >= 15 is 0 Å². The van der Waals surface area contributed by atoms with E-state index in [2.05, 4.69) is 29.8 Å². The van der Waals surface area contributed by atoms with Gasteiger partial charge in [-0.3, -0.25) is 4.79 Å². The summed E-state index contributed by atoms with van der Waals surface area (Å²) in [6, 6.07) is 17.3. The van der Waals surface area contributed by atoms with Gasteiger partial charge in [0.25, 0.3) is 5.91 Å². The van der Waals surface area contributed by atoms with Crippen LogP contribution in [0.25, 0.3) is 11.0 Å². The van der Waals surface area contributed by atoms with Gasteiger partial charge >= 0.3 is 0 Å². The van der Waals surface area contributed by atoms with Gasteiger partial charge in [0.15, 0.2) is 0 Å². The van der Waals surface area contributed by atoms with Crippen molar-refractivity contribution in [3.63, 3.8) is 0 Å². The molecule has 130 valence electrons. The Morgan fingerprint density at radius 1 is 1.04 bits per heavy atom. The van der Waals surface area contributed by atoms with Gasteiger partial charge in [-0.15, -0.1) is 0 Å². The van der Waals surface area contributed by atoms with Gasteiger partial charge in [0.2, 0.25) is 0 Å². The number of hydrogen-bond donors (Lipinski definition) is 1. The van der Waals surface area contributed by atoms with Gasteiger partial charge in [-0.1, -0.05) is 44.2 Å². The minimum Gasteiger partial charge on any atom is -0.342 e. The fourth-order valence-electron chi connectivity index (χ4n) is 2.98. The van der Waals surface area contributed by atoms with Gasteiger partial charge in [0.05, 0.1) is 17.1 Å². The molecule has 0 unspecified atom stereocenters. The van der Waals surface area contributed by atoms with Crippen LogP contribution in [0, 0.1) is 5.92 Å². The molecule has 4 nitrogen and oxygen atoms in total. The fourth-order valence-corrected chi connectivity index (χ4v) is 2.98. The highest BCUT2D eigenvalue weighted by Gasteiger charge is 2.19. The lowest BCUT2D eigenvalue weighted by Gasteiger charge is -2.17. The molecule has 0 saturated carbocycles. The number of nitrogens with one attached hydrogen (secondary N) is 1. The highest BCUT2D eigenvalue weighted by atomic mass is 16.1. The van der Waals surface area contributed by atoms with E-state index in [-0.39, 0.29) is 11.9 Å². The van der Waals surface area contributed by atoms with Crippen LogP contribution in [0.5, 0.6) is 0 Å². The van der Waals surface area contributed by atoms with Crippen molar-refractivity contribution >= 4 is 16.9 Å². The second-order valence-electron chi connectivity index (χ2n) is 6.85. The largest absolute Gasteiger partial charge is 0.342 e. The predicted octanol–water partition coefficient (Wildman–Crippen LogP) is 4.57. The van der Waals surface area contributed by atoms with Gasteiger partial charge < -0.3 is 9.88 Å². The van der Waals surface area contributed by atoms with E-state index < -0.39 is 0 Å². The fraction of sp³-hybridized carbons (Fsp3) is 0.333. The highest BCUT2D eigenvalue weighted by Crippen LogP contribution is 2.22. The van der Waals surface area contributed by atoms with Gasteiger partial charge in [0.1, 0.15) is 5.82 Å². The molecule has 2 aromatic carbocycles. The van der Waals surface area contributed by atoms with Crippen LogP contribution < -0.4 is 5.32 Å². The van der Waals surface area contributed by atoms with E-state index in [1.807, 2.05) is 55.5 Å². The van der Waals surface area contributed by atoms with Gasteiger partial charge in [-0.2, -0.15) is 0 Å². The molecule has 0 bridgehead atoms. The zero-order valence-electron chi connectivity index (χ0n) is 15.1. The number of para-hydroxylation sites is 2. The Balaban J connectivity index is 1.88. The van der Waals surface area contributed by atoms with Crippen molar-refractivity contribution < 1.29 is 4.79 Å². The molecule has 1 amide bonds. The first-order chi connectivity index (χ1) is 12.1. The van der Waals surface area contributed by atoms with Gasteiger partial charge in [-0.05, 0) is 43.5 Å². The molecule has 0 aliphatic heterocycles. The lowest BCUT2D eigenvalue weighted by Crippen LogP contribution is -2.28. The molecule has 0 aliphatic rings. The number of rotatable bonds is 6. The quantitative estimate of drug-likeness (QED) is 0.717. The third-order valence-corrected chi connectivity index (χ3v) is 4.39. The standard InChI is InChI=1S/C21H25N3O/c1-15(2)13-14-24-19-12-8-7-11-18(19)23-20(24)16(3)22-21(25)17-9-5-4-6-10-17/h4-12,15-16H,13-14H2,1-3H3,(H,22,25)/t16-/m0/s1. The average Bonchev–Trinajstić information content (AvgIpc) is 2.99. The van der Waals surface area contributed by atoms with Crippen LogP contribution in [0.3, 0.4) is 0 Å². The smallest absolute Gasteiger partial charge is 0.251 e. The van der Waals surface area contributed by atoms with Crippen LogP contribution in [-0.4, -0.2) is 15.5 Å². The van der Waals surface area contributed by atoms with Crippen molar-refractivity contribution in [3.05, 3.63) is 66.0 Å². The highest BCUT2D eigenvalue weighted by molar-refractivity contribution is 5.94. The third-order valence-electron chi connectivity index (χ3n) is 4.39. The maximum absolute atomic E-state index is 12.5. The minimum atomic E-state index is -0.160. The van der Waals surface area contributed by atoms with E-state index in [1.165, 1.54) is 0 Å². The Morgan fingerprint density at radius 2 is 1.72 bits per heavy atom. The lowest BCUT2D eigenvalue weighted by atomic mass is 10.1. The molecule has 1 heterocycles. The molecule has 0 aliphatic carbocycles. The second-order valence-corrected chi connectivity index (χ2v) is 6.85. The maximum Gasteiger partial charge on any atom is 0.251 e. The molecule has 25 heavy (non-hydrogen) atoms. The Bertz CT molecular complexity index is 852. The van der Waals surface area contributed by atoms with Crippen molar-refractivity contribution in [1.29, 1.82) is 0 Å². The molecule has 3 rings (SSSR count). The number of imidazole rings is 1. The van der Waals surface area contributed by atoms with Crippen molar-refractivity contribution in [1.82, 2.24) is 14.9 Å². The van der Waals surface area contributed by atoms with E-state index in [4.69, 9.17) is 4.98 Å². The number of carbonyl (C=O) groups is 1. The van der Waals surface area contributed by atoms with E-state index in [0.29, 0.717) is 11.5 Å².